The summed E-state index contributed by atoms with van der Waals surface area (Å²) in [7, 11) is 0. The molecule has 2 aromatic carbocycles. The summed E-state index contributed by atoms with van der Waals surface area (Å²) in [5.41, 5.74) is 2.63. The maximum Gasteiger partial charge on any atom is 0.336 e. The molecule has 1 heterocycles. The molecule has 0 saturated heterocycles. The van der Waals surface area contributed by atoms with Crippen molar-refractivity contribution in [1.82, 2.24) is 5.32 Å². The Labute approximate surface area is 154 Å². The maximum atomic E-state index is 11.5. The Morgan fingerprint density at radius 1 is 1.15 bits per heavy atom. The van der Waals surface area contributed by atoms with Crippen molar-refractivity contribution in [2.24, 2.45) is 0 Å². The monoisotopic (exact) mass is 367 g/mol. The summed E-state index contributed by atoms with van der Waals surface area (Å²) in [4.78, 5) is 22.2. The van der Waals surface area contributed by atoms with Gasteiger partial charge in [-0.25, -0.2) is 4.79 Å². The normalized spacial score (nSPS) is 10.5. The van der Waals surface area contributed by atoms with Gasteiger partial charge in [-0.15, -0.1) is 0 Å². The van der Waals surface area contributed by atoms with E-state index in [4.69, 9.17) is 16.6 Å². The summed E-state index contributed by atoms with van der Waals surface area (Å²) < 4.78 is 5.21. The number of rotatable bonds is 4. The van der Waals surface area contributed by atoms with Crippen LogP contribution in [0.15, 0.2) is 57.7 Å². The van der Waals surface area contributed by atoms with E-state index >= 15 is 0 Å². The van der Waals surface area contributed by atoms with Crippen LogP contribution in [0.5, 0.6) is 0 Å². The van der Waals surface area contributed by atoms with E-state index in [1.807, 2.05) is 19.1 Å². The molecule has 0 aliphatic carbocycles. The standard InChI is InChI=1S/C19H16N2O4S/c1-11-8-17(22)25-16-9-14(6-7-15(11)16)21-19(26)20-10-12-2-4-13(5-3-12)18(23)24/h2-9H,10H2,1H3,(H,23,24)(H2,20,21,26)/p-1. The third-order valence-electron chi connectivity index (χ3n) is 3.85. The van der Waals surface area contributed by atoms with Crippen LogP contribution in [0, 0.1) is 6.92 Å². The summed E-state index contributed by atoms with van der Waals surface area (Å²) >= 11 is 5.26. The molecule has 0 aliphatic heterocycles. The van der Waals surface area contributed by atoms with Crippen LogP contribution in [-0.4, -0.2) is 11.1 Å². The van der Waals surface area contributed by atoms with Gasteiger partial charge in [-0.1, -0.05) is 24.3 Å². The predicted molar refractivity (Wildman–Crippen MR) is 101 cm³/mol. The Bertz CT molecular complexity index is 1040. The third-order valence-corrected chi connectivity index (χ3v) is 4.10. The molecule has 26 heavy (non-hydrogen) atoms. The van der Waals surface area contributed by atoms with E-state index in [2.05, 4.69) is 10.6 Å². The lowest BCUT2D eigenvalue weighted by Gasteiger charge is -2.12. The van der Waals surface area contributed by atoms with E-state index in [9.17, 15) is 14.7 Å². The van der Waals surface area contributed by atoms with Gasteiger partial charge in [0.05, 0.1) is 5.97 Å². The predicted octanol–water partition coefficient (Wildman–Crippen LogP) is 1.95. The molecule has 0 radical (unpaired) electrons. The first-order valence-electron chi connectivity index (χ1n) is 7.82. The molecule has 0 fully saturated rings. The third kappa shape index (κ3) is 4.07. The summed E-state index contributed by atoms with van der Waals surface area (Å²) in [5.74, 6) is -1.21. The van der Waals surface area contributed by atoms with Crippen molar-refractivity contribution < 1.29 is 14.3 Å². The van der Waals surface area contributed by atoms with E-state index in [0.717, 1.165) is 16.5 Å². The number of anilines is 1. The van der Waals surface area contributed by atoms with Crippen LogP contribution in [0.4, 0.5) is 5.69 Å². The van der Waals surface area contributed by atoms with Gasteiger partial charge >= 0.3 is 5.63 Å². The van der Waals surface area contributed by atoms with Crippen molar-refractivity contribution in [1.29, 1.82) is 0 Å². The molecule has 132 valence electrons. The van der Waals surface area contributed by atoms with Gasteiger partial charge in [-0.2, -0.15) is 0 Å². The van der Waals surface area contributed by atoms with Crippen LogP contribution in [0.2, 0.25) is 0 Å². The summed E-state index contributed by atoms with van der Waals surface area (Å²) in [6, 6.07) is 13.2. The number of nitrogens with one attached hydrogen (secondary N) is 2. The molecular formula is C19H15N2O4S-. The van der Waals surface area contributed by atoms with Crippen LogP contribution >= 0.6 is 12.2 Å². The highest BCUT2D eigenvalue weighted by Crippen LogP contribution is 2.20. The second-order valence-electron chi connectivity index (χ2n) is 5.75. The number of fused-ring (bicyclic) bond motifs is 1. The fraction of sp³-hybridized carbons (Fsp3) is 0.105. The zero-order valence-corrected chi connectivity index (χ0v) is 14.7. The summed E-state index contributed by atoms with van der Waals surface area (Å²) in [5, 5.41) is 18.0. The number of hydrogen-bond acceptors (Lipinski definition) is 5. The fourth-order valence-electron chi connectivity index (χ4n) is 2.52. The number of aromatic carboxylic acids is 1. The van der Waals surface area contributed by atoms with Gasteiger partial charge in [0.1, 0.15) is 5.58 Å². The van der Waals surface area contributed by atoms with Crippen molar-refractivity contribution in [3.63, 3.8) is 0 Å². The lowest BCUT2D eigenvalue weighted by Crippen LogP contribution is -2.28. The fourth-order valence-corrected chi connectivity index (χ4v) is 2.71. The van der Waals surface area contributed by atoms with E-state index in [0.29, 0.717) is 22.9 Å². The second kappa shape index (κ2) is 7.37. The Hall–Kier alpha value is -3.19. The van der Waals surface area contributed by atoms with Gasteiger partial charge in [-0.05, 0) is 48.0 Å². The van der Waals surface area contributed by atoms with Gasteiger partial charge < -0.3 is 25.0 Å². The Morgan fingerprint density at radius 3 is 2.58 bits per heavy atom. The molecule has 0 aliphatic rings. The molecule has 3 rings (SSSR count). The van der Waals surface area contributed by atoms with Crippen LogP contribution in [0.1, 0.15) is 21.5 Å². The average Bonchev–Trinajstić information content (AvgIpc) is 2.60. The van der Waals surface area contributed by atoms with Crippen LogP contribution in [-0.2, 0) is 6.54 Å². The van der Waals surface area contributed by atoms with E-state index in [1.54, 1.807) is 18.2 Å². The van der Waals surface area contributed by atoms with E-state index in [1.165, 1.54) is 18.2 Å². The largest absolute Gasteiger partial charge is 0.545 e. The lowest BCUT2D eigenvalue weighted by molar-refractivity contribution is -0.255. The molecule has 0 atom stereocenters. The number of carboxylic acid groups (broad SMARTS) is 1. The van der Waals surface area contributed by atoms with Crippen LogP contribution in [0.3, 0.4) is 0 Å². The molecule has 0 spiro atoms. The van der Waals surface area contributed by atoms with Crippen LogP contribution in [0.25, 0.3) is 11.0 Å². The molecule has 0 saturated carbocycles. The number of benzene rings is 2. The molecule has 3 aromatic rings. The minimum Gasteiger partial charge on any atom is -0.545 e. The second-order valence-corrected chi connectivity index (χ2v) is 6.16. The number of aryl methyl sites for hydroxylation is 1. The molecule has 0 amide bonds. The van der Waals surface area contributed by atoms with Crippen LogP contribution < -0.4 is 21.4 Å². The Morgan fingerprint density at radius 2 is 1.88 bits per heavy atom. The van der Waals surface area contributed by atoms with E-state index < -0.39 is 11.6 Å². The zero-order chi connectivity index (χ0) is 18.7. The highest BCUT2D eigenvalue weighted by Gasteiger charge is 2.05. The molecule has 1 aromatic heterocycles. The SMILES string of the molecule is Cc1cc(=O)oc2cc(NC(=S)NCc3ccc(C(=O)[O-])cc3)ccc12. The number of thiocarbonyl (C=S) groups is 1. The maximum absolute atomic E-state index is 11.5. The highest BCUT2D eigenvalue weighted by atomic mass is 32.1. The first kappa shape index (κ1) is 17.6. The molecule has 6 nitrogen and oxygen atoms in total. The van der Waals surface area contributed by atoms with Crippen molar-refractivity contribution in [3.05, 3.63) is 75.6 Å². The van der Waals surface area contributed by atoms with E-state index in [-0.39, 0.29) is 5.56 Å². The lowest BCUT2D eigenvalue weighted by atomic mass is 10.1. The first-order valence-corrected chi connectivity index (χ1v) is 8.23. The number of carbonyl (C=O) groups is 1. The molecule has 2 N–H and O–H groups in total. The Kier molecular flexibility index (Phi) is 4.99. The highest BCUT2D eigenvalue weighted by molar-refractivity contribution is 7.80. The van der Waals surface area contributed by atoms with Crippen molar-refractivity contribution in [2.45, 2.75) is 13.5 Å². The smallest absolute Gasteiger partial charge is 0.336 e. The molecular weight excluding hydrogens is 352 g/mol. The summed E-state index contributed by atoms with van der Waals surface area (Å²) in [6.07, 6.45) is 0. The summed E-state index contributed by atoms with van der Waals surface area (Å²) in [6.45, 7) is 2.28. The number of carbonyl (C=O) groups excluding carboxylic acids is 1. The van der Waals surface area contributed by atoms with Crippen molar-refractivity contribution in [2.75, 3.05) is 5.32 Å². The van der Waals surface area contributed by atoms with Gasteiger partial charge in [-0.3, -0.25) is 0 Å². The Balaban J connectivity index is 1.65. The average molecular weight is 367 g/mol. The van der Waals surface area contributed by atoms with Gasteiger partial charge in [0.15, 0.2) is 5.11 Å². The van der Waals surface area contributed by atoms with Gasteiger partial charge in [0.2, 0.25) is 0 Å². The first-order chi connectivity index (χ1) is 12.4. The minimum atomic E-state index is -1.21. The molecule has 0 unspecified atom stereocenters. The topological polar surface area (TPSA) is 94.4 Å². The van der Waals surface area contributed by atoms with Crippen molar-refractivity contribution in [3.8, 4) is 0 Å². The molecule has 0 bridgehead atoms. The van der Waals surface area contributed by atoms with Gasteiger partial charge in [0, 0.05) is 29.8 Å². The van der Waals surface area contributed by atoms with Crippen molar-refractivity contribution >= 4 is 40.0 Å². The zero-order valence-electron chi connectivity index (χ0n) is 13.9. The molecule has 7 heteroatoms. The van der Waals surface area contributed by atoms with Gasteiger partial charge in [0.25, 0.3) is 0 Å². The number of carboxylic acids is 1. The minimum absolute atomic E-state index is 0.127. The quantitative estimate of drug-likeness (QED) is 0.538. The number of hydrogen-bond donors (Lipinski definition) is 2.